The van der Waals surface area contributed by atoms with Crippen LogP contribution >= 0.6 is 35.7 Å². The van der Waals surface area contributed by atoms with E-state index in [1.54, 1.807) is 16.8 Å². The highest BCUT2D eigenvalue weighted by atomic mass is 32.2. The number of rotatable bonds is 7. The Hall–Kier alpha value is -1.34. The van der Waals surface area contributed by atoms with Crippen LogP contribution in [0, 0.1) is 6.92 Å². The van der Waals surface area contributed by atoms with E-state index >= 15 is 0 Å². The summed E-state index contributed by atoms with van der Waals surface area (Å²) in [7, 11) is 0. The van der Waals surface area contributed by atoms with Crippen molar-refractivity contribution in [3.8, 4) is 0 Å². The Morgan fingerprint density at radius 2 is 1.74 bits per heavy atom. The van der Waals surface area contributed by atoms with Gasteiger partial charge in [0.2, 0.25) is 0 Å². The molecule has 142 valence electrons. The van der Waals surface area contributed by atoms with Crippen LogP contribution in [0.2, 0.25) is 0 Å². The van der Waals surface area contributed by atoms with Crippen LogP contribution in [-0.4, -0.2) is 38.6 Å². The fourth-order valence-corrected chi connectivity index (χ4v) is 6.07. The molecule has 0 N–H and O–H groups in total. The molecule has 0 spiro atoms. The third-order valence-electron chi connectivity index (χ3n) is 4.55. The first-order valence-corrected chi connectivity index (χ1v) is 11.3. The molecule has 0 aliphatic carbocycles. The number of thiocarbonyl (C=S) groups is 1. The third-order valence-corrected chi connectivity index (χ3v) is 7.63. The van der Waals surface area contributed by atoms with Crippen LogP contribution in [-0.2, 0) is 4.79 Å². The Labute approximate surface area is 175 Å². The molecule has 3 nitrogen and oxygen atoms in total. The van der Waals surface area contributed by atoms with Gasteiger partial charge in [-0.15, -0.1) is 11.8 Å². The molecule has 2 unspecified atom stereocenters. The molecule has 1 saturated heterocycles. The highest BCUT2D eigenvalue weighted by Crippen LogP contribution is 2.46. The quantitative estimate of drug-likeness (QED) is 0.449. The first-order chi connectivity index (χ1) is 13.0. The number of hydrogen-bond acceptors (Lipinski definition) is 5. The van der Waals surface area contributed by atoms with Gasteiger partial charge in [0, 0.05) is 18.0 Å². The van der Waals surface area contributed by atoms with Crippen molar-refractivity contribution >= 4 is 46.0 Å². The number of benzene rings is 2. The van der Waals surface area contributed by atoms with Crippen molar-refractivity contribution in [1.82, 2.24) is 10.0 Å². The average Bonchev–Trinajstić information content (AvgIpc) is 2.97. The molecule has 1 fully saturated rings. The van der Waals surface area contributed by atoms with E-state index in [9.17, 15) is 4.79 Å². The summed E-state index contributed by atoms with van der Waals surface area (Å²) in [6.45, 7) is 7.70. The molecule has 2 aromatic carbocycles. The van der Waals surface area contributed by atoms with Gasteiger partial charge in [-0.05, 0) is 24.6 Å². The second kappa shape index (κ2) is 9.24. The minimum Gasteiger partial charge on any atom is -0.272 e. The molecule has 1 aliphatic heterocycles. The molecular formula is C21H24N2OS3. The van der Waals surface area contributed by atoms with Crippen molar-refractivity contribution in [3.05, 3.63) is 65.7 Å². The van der Waals surface area contributed by atoms with Crippen LogP contribution < -0.4 is 0 Å². The van der Waals surface area contributed by atoms with Crippen molar-refractivity contribution in [2.24, 2.45) is 0 Å². The molecule has 0 radical (unpaired) electrons. The van der Waals surface area contributed by atoms with Gasteiger partial charge in [-0.3, -0.25) is 4.79 Å². The summed E-state index contributed by atoms with van der Waals surface area (Å²) in [5, 5.41) is 3.49. The molecule has 0 saturated carbocycles. The predicted octanol–water partition coefficient (Wildman–Crippen LogP) is 5.31. The maximum Gasteiger partial charge on any atom is 0.257 e. The summed E-state index contributed by atoms with van der Waals surface area (Å²) in [4.78, 5) is 14.5. The lowest BCUT2D eigenvalue weighted by molar-refractivity contribution is -0.137. The monoisotopic (exact) mass is 416 g/mol. The SMILES string of the molecule is CCN(CC)N1C(=O)C(C(Sc2ccccc2)c2ccc(C)cc2)SC1=S. The maximum atomic E-state index is 13.3. The lowest BCUT2D eigenvalue weighted by Crippen LogP contribution is -2.46. The van der Waals surface area contributed by atoms with Gasteiger partial charge in [-0.25, -0.2) is 10.0 Å². The van der Waals surface area contributed by atoms with Crippen molar-refractivity contribution in [2.75, 3.05) is 13.1 Å². The Bertz CT molecular complexity index is 791. The second-order valence-electron chi connectivity index (χ2n) is 6.36. The number of carbonyl (C=O) groups is 1. The molecule has 2 aromatic rings. The molecule has 0 bridgehead atoms. The zero-order valence-corrected chi connectivity index (χ0v) is 18.2. The van der Waals surface area contributed by atoms with Crippen LogP contribution in [0.5, 0.6) is 0 Å². The Morgan fingerprint density at radius 3 is 2.33 bits per heavy atom. The highest BCUT2D eigenvalue weighted by Gasteiger charge is 2.44. The molecule has 6 heteroatoms. The van der Waals surface area contributed by atoms with Gasteiger partial charge in [0.1, 0.15) is 5.25 Å². The van der Waals surface area contributed by atoms with Crippen LogP contribution in [0.1, 0.15) is 30.2 Å². The van der Waals surface area contributed by atoms with Gasteiger partial charge in [-0.2, -0.15) is 0 Å². The molecule has 1 heterocycles. The first-order valence-electron chi connectivity index (χ1n) is 9.12. The smallest absolute Gasteiger partial charge is 0.257 e. The topological polar surface area (TPSA) is 23.6 Å². The zero-order valence-electron chi connectivity index (χ0n) is 15.8. The molecule has 3 rings (SSSR count). The van der Waals surface area contributed by atoms with Crippen molar-refractivity contribution in [3.63, 3.8) is 0 Å². The normalized spacial score (nSPS) is 18.4. The largest absolute Gasteiger partial charge is 0.272 e. The van der Waals surface area contributed by atoms with E-state index in [1.165, 1.54) is 17.3 Å². The number of carbonyl (C=O) groups excluding carboxylic acids is 1. The number of hydrogen-bond donors (Lipinski definition) is 0. The molecular weight excluding hydrogens is 392 g/mol. The summed E-state index contributed by atoms with van der Waals surface area (Å²) < 4.78 is 0.652. The van der Waals surface area contributed by atoms with E-state index in [2.05, 4.69) is 43.3 Å². The van der Waals surface area contributed by atoms with E-state index in [0.717, 1.165) is 23.5 Å². The average molecular weight is 417 g/mol. The van der Waals surface area contributed by atoms with Gasteiger partial charge in [-0.1, -0.05) is 85.9 Å². The minimum absolute atomic E-state index is 0.00372. The van der Waals surface area contributed by atoms with Crippen molar-refractivity contribution in [2.45, 2.75) is 36.2 Å². The van der Waals surface area contributed by atoms with Gasteiger partial charge >= 0.3 is 0 Å². The predicted molar refractivity (Wildman–Crippen MR) is 120 cm³/mol. The summed E-state index contributed by atoms with van der Waals surface area (Å²) in [6, 6.07) is 18.7. The molecule has 2 atom stereocenters. The maximum absolute atomic E-state index is 13.3. The van der Waals surface area contributed by atoms with E-state index in [0.29, 0.717) is 4.32 Å². The lowest BCUT2D eigenvalue weighted by atomic mass is 10.1. The summed E-state index contributed by atoms with van der Waals surface area (Å²) in [5.41, 5.74) is 2.37. The fraction of sp³-hybridized carbons (Fsp3) is 0.333. The van der Waals surface area contributed by atoms with Gasteiger partial charge in [0.05, 0.1) is 5.25 Å². The van der Waals surface area contributed by atoms with Gasteiger partial charge in [0.25, 0.3) is 5.91 Å². The molecule has 1 amide bonds. The van der Waals surface area contributed by atoms with E-state index in [-0.39, 0.29) is 16.4 Å². The molecule has 1 aliphatic rings. The van der Waals surface area contributed by atoms with Crippen LogP contribution in [0.15, 0.2) is 59.5 Å². The van der Waals surface area contributed by atoms with E-state index < -0.39 is 0 Å². The summed E-state index contributed by atoms with van der Waals surface area (Å²) >= 11 is 8.82. The van der Waals surface area contributed by atoms with E-state index in [4.69, 9.17) is 12.2 Å². The number of nitrogens with zero attached hydrogens (tertiary/aromatic N) is 2. The second-order valence-corrected chi connectivity index (χ2v) is 9.35. The Balaban J connectivity index is 1.94. The van der Waals surface area contributed by atoms with Crippen LogP contribution in [0.25, 0.3) is 0 Å². The van der Waals surface area contributed by atoms with Crippen molar-refractivity contribution in [1.29, 1.82) is 0 Å². The molecule has 27 heavy (non-hydrogen) atoms. The van der Waals surface area contributed by atoms with Crippen LogP contribution in [0.4, 0.5) is 0 Å². The van der Waals surface area contributed by atoms with Gasteiger partial charge < -0.3 is 0 Å². The number of hydrazine groups is 1. The fourth-order valence-electron chi connectivity index (χ4n) is 3.08. The number of thioether (sulfide) groups is 2. The lowest BCUT2D eigenvalue weighted by Gasteiger charge is -2.29. The van der Waals surface area contributed by atoms with Crippen LogP contribution in [0.3, 0.4) is 0 Å². The minimum atomic E-state index is -0.231. The van der Waals surface area contributed by atoms with Gasteiger partial charge in [0.15, 0.2) is 4.32 Å². The number of amides is 1. The number of aryl methyl sites for hydroxylation is 1. The zero-order chi connectivity index (χ0) is 19.4. The molecule has 0 aromatic heterocycles. The third kappa shape index (κ3) is 4.57. The van der Waals surface area contributed by atoms with E-state index in [1.807, 2.05) is 37.1 Å². The standard InChI is InChI=1S/C21H24N2OS3/c1-4-22(5-2)23-20(24)19(27-21(23)25)18(16-13-11-15(3)12-14-16)26-17-9-7-6-8-10-17/h6-14,18-19H,4-5H2,1-3H3. The highest BCUT2D eigenvalue weighted by molar-refractivity contribution is 8.24. The Morgan fingerprint density at radius 1 is 1.11 bits per heavy atom. The summed E-state index contributed by atoms with van der Waals surface area (Å²) in [6.07, 6.45) is 0. The first kappa shape index (κ1) is 20.4. The summed E-state index contributed by atoms with van der Waals surface area (Å²) in [5.74, 6) is 0.0858. The van der Waals surface area contributed by atoms with Crippen molar-refractivity contribution < 1.29 is 4.79 Å². The Kier molecular flexibility index (Phi) is 6.98.